The number of rotatable bonds is 10. The highest BCUT2D eigenvalue weighted by Crippen LogP contribution is 2.19. The number of amides is 2. The number of benzene rings is 2. The molecule has 1 atom stereocenters. The molecule has 0 radical (unpaired) electrons. The molecule has 2 amide bonds. The van der Waals surface area contributed by atoms with Crippen LogP contribution in [0.25, 0.3) is 0 Å². The topological polar surface area (TPSA) is 86.8 Å². The average Bonchev–Trinajstić information content (AvgIpc) is 2.74. The number of hydrogen-bond donors (Lipinski definition) is 1. The number of para-hydroxylation sites is 1. The van der Waals surface area contributed by atoms with Gasteiger partial charge in [-0.15, -0.1) is 0 Å². The molecular formula is C25H34BrN3O4S. The predicted octanol–water partition coefficient (Wildman–Crippen LogP) is 4.33. The Morgan fingerprint density at radius 1 is 1.03 bits per heavy atom. The van der Waals surface area contributed by atoms with E-state index in [1.807, 2.05) is 51.1 Å². The van der Waals surface area contributed by atoms with Crippen molar-refractivity contribution in [1.82, 2.24) is 10.2 Å². The normalized spacial score (nSPS) is 12.6. The predicted molar refractivity (Wildman–Crippen MR) is 140 cm³/mol. The maximum Gasteiger partial charge on any atom is 0.242 e. The van der Waals surface area contributed by atoms with Crippen LogP contribution in [0.2, 0.25) is 0 Å². The Labute approximate surface area is 211 Å². The van der Waals surface area contributed by atoms with Gasteiger partial charge in [-0.2, -0.15) is 0 Å². The van der Waals surface area contributed by atoms with E-state index in [1.165, 1.54) is 4.31 Å². The minimum absolute atomic E-state index is 0.114. The molecule has 0 aliphatic rings. The molecule has 0 aliphatic heterocycles. The molecule has 1 N–H and O–H groups in total. The molecule has 0 aliphatic carbocycles. The van der Waals surface area contributed by atoms with Gasteiger partial charge in [0.15, 0.2) is 0 Å². The molecule has 0 aromatic heterocycles. The van der Waals surface area contributed by atoms with Crippen molar-refractivity contribution in [3.63, 3.8) is 0 Å². The third-order valence-corrected chi connectivity index (χ3v) is 6.85. The summed E-state index contributed by atoms with van der Waals surface area (Å²) in [5.41, 5.74) is 1.03. The molecule has 0 bridgehead atoms. The highest BCUT2D eigenvalue weighted by Gasteiger charge is 2.28. The highest BCUT2D eigenvalue weighted by molar-refractivity contribution is 9.10. The molecule has 0 fully saturated rings. The van der Waals surface area contributed by atoms with Crippen LogP contribution in [0.4, 0.5) is 5.69 Å². The van der Waals surface area contributed by atoms with Crippen molar-refractivity contribution in [2.75, 3.05) is 17.1 Å². The number of hydrogen-bond acceptors (Lipinski definition) is 4. The van der Waals surface area contributed by atoms with Gasteiger partial charge in [-0.1, -0.05) is 46.3 Å². The van der Waals surface area contributed by atoms with E-state index >= 15 is 0 Å². The van der Waals surface area contributed by atoms with Crippen molar-refractivity contribution >= 4 is 43.5 Å². The summed E-state index contributed by atoms with van der Waals surface area (Å²) in [5, 5.41) is 2.94. The highest BCUT2D eigenvalue weighted by atomic mass is 79.9. The lowest BCUT2D eigenvalue weighted by Gasteiger charge is -2.32. The fourth-order valence-electron chi connectivity index (χ4n) is 3.44. The van der Waals surface area contributed by atoms with Gasteiger partial charge in [0.1, 0.15) is 6.04 Å². The van der Waals surface area contributed by atoms with Crippen LogP contribution in [-0.4, -0.2) is 49.5 Å². The van der Waals surface area contributed by atoms with E-state index in [2.05, 4.69) is 21.2 Å². The number of carbonyl (C=O) groups excluding carboxylic acids is 2. The third kappa shape index (κ3) is 8.76. The van der Waals surface area contributed by atoms with E-state index in [9.17, 15) is 18.0 Å². The zero-order valence-corrected chi connectivity index (χ0v) is 22.8. The summed E-state index contributed by atoms with van der Waals surface area (Å²) < 4.78 is 26.9. The van der Waals surface area contributed by atoms with E-state index in [0.717, 1.165) is 16.3 Å². The van der Waals surface area contributed by atoms with Crippen LogP contribution in [0.15, 0.2) is 59.1 Å². The molecule has 0 spiro atoms. The monoisotopic (exact) mass is 551 g/mol. The van der Waals surface area contributed by atoms with Crippen molar-refractivity contribution in [3.05, 3.63) is 64.6 Å². The molecule has 0 unspecified atom stereocenters. The van der Waals surface area contributed by atoms with Crippen molar-refractivity contribution in [1.29, 1.82) is 0 Å². The summed E-state index contributed by atoms with van der Waals surface area (Å²) in [4.78, 5) is 27.7. The molecule has 0 saturated carbocycles. The standard InChI is InChI=1S/C25H34BrN3O4S/c1-19(24(31)27-25(2,3)4)28(18-20-13-15-21(26)16-14-20)23(30)12-9-17-29(34(5,32)33)22-10-7-6-8-11-22/h6-8,10-11,13-16,19H,9,12,17-18H2,1-5H3,(H,27,31)/t19-/m0/s1. The number of sulfonamides is 1. The first-order chi connectivity index (χ1) is 15.8. The zero-order valence-electron chi connectivity index (χ0n) is 20.4. The number of anilines is 1. The molecule has 2 aromatic carbocycles. The van der Waals surface area contributed by atoms with E-state index in [-0.39, 0.29) is 31.3 Å². The second kappa shape index (κ2) is 11.8. The number of carbonyl (C=O) groups is 2. The molecule has 186 valence electrons. The molecule has 2 aromatic rings. The molecular weight excluding hydrogens is 518 g/mol. The Bertz CT molecular complexity index is 1070. The maximum atomic E-state index is 13.3. The summed E-state index contributed by atoms with van der Waals surface area (Å²) in [6, 6.07) is 15.7. The first-order valence-electron chi connectivity index (χ1n) is 11.2. The molecule has 2 rings (SSSR count). The summed E-state index contributed by atoms with van der Waals surface area (Å²) in [5.74, 6) is -0.444. The van der Waals surface area contributed by atoms with Gasteiger partial charge >= 0.3 is 0 Å². The van der Waals surface area contributed by atoms with Crippen LogP contribution in [0.1, 0.15) is 46.1 Å². The van der Waals surface area contributed by atoms with E-state index in [0.29, 0.717) is 12.1 Å². The fourth-order valence-corrected chi connectivity index (χ4v) is 4.67. The molecule has 34 heavy (non-hydrogen) atoms. The van der Waals surface area contributed by atoms with Crippen LogP contribution >= 0.6 is 15.9 Å². The second-order valence-electron chi connectivity index (χ2n) is 9.34. The third-order valence-electron chi connectivity index (χ3n) is 5.13. The Morgan fingerprint density at radius 2 is 1.62 bits per heavy atom. The first-order valence-corrected chi connectivity index (χ1v) is 13.8. The number of nitrogens with zero attached hydrogens (tertiary/aromatic N) is 2. The van der Waals surface area contributed by atoms with Crippen molar-refractivity contribution in [2.24, 2.45) is 0 Å². The SMILES string of the molecule is C[C@@H](C(=O)NC(C)(C)C)N(Cc1ccc(Br)cc1)C(=O)CCCN(c1ccccc1)S(C)(=O)=O. The lowest BCUT2D eigenvalue weighted by molar-refractivity contribution is -0.141. The van der Waals surface area contributed by atoms with Crippen LogP contribution in [0.5, 0.6) is 0 Å². The molecule has 7 nitrogen and oxygen atoms in total. The quantitative estimate of drug-likeness (QED) is 0.476. The van der Waals surface area contributed by atoms with Crippen LogP contribution in [-0.2, 0) is 26.2 Å². The maximum absolute atomic E-state index is 13.3. The Morgan fingerprint density at radius 3 is 2.15 bits per heavy atom. The van der Waals surface area contributed by atoms with Gasteiger partial charge in [0.05, 0.1) is 11.9 Å². The van der Waals surface area contributed by atoms with E-state index < -0.39 is 21.6 Å². The van der Waals surface area contributed by atoms with Crippen molar-refractivity contribution < 1.29 is 18.0 Å². The van der Waals surface area contributed by atoms with Crippen molar-refractivity contribution in [3.8, 4) is 0 Å². The van der Waals surface area contributed by atoms with E-state index in [4.69, 9.17) is 0 Å². The first kappa shape index (κ1) is 27.9. The van der Waals surface area contributed by atoms with Gasteiger partial charge in [-0.25, -0.2) is 8.42 Å². The Balaban J connectivity index is 2.16. The van der Waals surface area contributed by atoms with Crippen LogP contribution in [0.3, 0.4) is 0 Å². The molecule has 0 heterocycles. The van der Waals surface area contributed by atoms with Gasteiger partial charge in [0.2, 0.25) is 21.8 Å². The van der Waals surface area contributed by atoms with Gasteiger partial charge in [-0.3, -0.25) is 13.9 Å². The van der Waals surface area contributed by atoms with Gasteiger partial charge < -0.3 is 10.2 Å². The van der Waals surface area contributed by atoms with Crippen LogP contribution in [0, 0.1) is 0 Å². The zero-order chi connectivity index (χ0) is 25.5. The molecule has 0 saturated heterocycles. The Hall–Kier alpha value is -2.39. The second-order valence-corrected chi connectivity index (χ2v) is 12.2. The summed E-state index contributed by atoms with van der Waals surface area (Å²) >= 11 is 3.41. The average molecular weight is 553 g/mol. The van der Waals surface area contributed by atoms with Crippen molar-refractivity contribution in [2.45, 2.75) is 58.7 Å². The summed E-state index contributed by atoms with van der Waals surface area (Å²) in [7, 11) is -3.50. The summed E-state index contributed by atoms with van der Waals surface area (Å²) in [6.07, 6.45) is 1.59. The van der Waals surface area contributed by atoms with Gasteiger partial charge in [-0.05, 0) is 63.9 Å². The minimum Gasteiger partial charge on any atom is -0.350 e. The Kier molecular flexibility index (Phi) is 9.70. The molecule has 9 heteroatoms. The largest absolute Gasteiger partial charge is 0.350 e. The van der Waals surface area contributed by atoms with E-state index in [1.54, 1.807) is 36.1 Å². The number of halogens is 1. The minimum atomic E-state index is -3.50. The van der Waals surface area contributed by atoms with Crippen LogP contribution < -0.4 is 9.62 Å². The summed E-state index contributed by atoms with van der Waals surface area (Å²) in [6.45, 7) is 7.83. The van der Waals surface area contributed by atoms with Gasteiger partial charge in [0, 0.05) is 29.5 Å². The number of nitrogens with one attached hydrogen (secondary N) is 1. The lowest BCUT2D eigenvalue weighted by Crippen LogP contribution is -2.52. The fraction of sp³-hybridized carbons (Fsp3) is 0.440. The smallest absolute Gasteiger partial charge is 0.242 e. The lowest BCUT2D eigenvalue weighted by atomic mass is 10.1. The van der Waals surface area contributed by atoms with Gasteiger partial charge in [0.25, 0.3) is 0 Å².